The Morgan fingerprint density at radius 3 is 3.15 bits per heavy atom. The molecular formula is C19H23N5O2. The Labute approximate surface area is 152 Å². The highest BCUT2D eigenvalue weighted by molar-refractivity contribution is 5.89. The van der Waals surface area contributed by atoms with E-state index in [1.165, 1.54) is 0 Å². The minimum atomic E-state index is -0.235. The van der Waals surface area contributed by atoms with Gasteiger partial charge in [0.1, 0.15) is 0 Å². The molecule has 2 aromatic rings. The van der Waals surface area contributed by atoms with E-state index in [0.717, 1.165) is 30.5 Å². The molecule has 0 saturated carbocycles. The van der Waals surface area contributed by atoms with Crippen molar-refractivity contribution in [2.24, 2.45) is 5.92 Å². The molecule has 2 atom stereocenters. The van der Waals surface area contributed by atoms with Crippen LogP contribution in [0.4, 0.5) is 0 Å². The largest absolute Gasteiger partial charge is 0.342 e. The molecule has 4 heterocycles. The SMILES string of the molecule is C=CCN1C[C@H](C(=O)N2CCC[C@H](c3[nH]nc4ncccc34)C2)CC1=O. The summed E-state index contributed by atoms with van der Waals surface area (Å²) in [7, 11) is 0. The predicted molar refractivity (Wildman–Crippen MR) is 97.3 cm³/mol. The summed E-state index contributed by atoms with van der Waals surface area (Å²) >= 11 is 0. The maximum absolute atomic E-state index is 13.0. The van der Waals surface area contributed by atoms with Crippen LogP contribution in [0.1, 0.15) is 30.9 Å². The summed E-state index contributed by atoms with van der Waals surface area (Å²) in [6.45, 7) is 6.11. The highest BCUT2D eigenvalue weighted by atomic mass is 16.2. The number of aromatic amines is 1. The molecule has 0 aromatic carbocycles. The Balaban J connectivity index is 1.48. The number of nitrogens with zero attached hydrogens (tertiary/aromatic N) is 4. The summed E-state index contributed by atoms with van der Waals surface area (Å²) in [6.07, 6.45) is 5.72. The van der Waals surface area contributed by atoms with E-state index in [1.54, 1.807) is 17.2 Å². The van der Waals surface area contributed by atoms with Crippen LogP contribution in [0.15, 0.2) is 31.0 Å². The Hall–Kier alpha value is -2.70. The molecule has 26 heavy (non-hydrogen) atoms. The van der Waals surface area contributed by atoms with Gasteiger partial charge in [0, 0.05) is 55.8 Å². The van der Waals surface area contributed by atoms with E-state index in [0.29, 0.717) is 31.7 Å². The van der Waals surface area contributed by atoms with E-state index < -0.39 is 0 Å². The standard InChI is InChI=1S/C19H23N5O2/c1-2-8-23-12-14(10-16(23)25)19(26)24-9-4-5-13(11-24)17-15-6-3-7-20-18(15)22-21-17/h2-3,6-7,13-14H,1,4-5,8-12H2,(H,20,21,22)/t13-,14+/m0/s1. The number of carbonyl (C=O) groups is 2. The smallest absolute Gasteiger partial charge is 0.228 e. The van der Waals surface area contributed by atoms with E-state index >= 15 is 0 Å². The molecule has 2 aliphatic heterocycles. The Morgan fingerprint density at radius 1 is 1.42 bits per heavy atom. The van der Waals surface area contributed by atoms with Gasteiger partial charge in [0.25, 0.3) is 0 Å². The third-order valence-electron chi connectivity index (χ3n) is 5.41. The number of hydrogen-bond acceptors (Lipinski definition) is 4. The van der Waals surface area contributed by atoms with Gasteiger partial charge in [-0.1, -0.05) is 6.08 Å². The van der Waals surface area contributed by atoms with Crippen molar-refractivity contribution in [3.63, 3.8) is 0 Å². The van der Waals surface area contributed by atoms with Crippen molar-refractivity contribution >= 4 is 22.8 Å². The number of likely N-dealkylation sites (tertiary alicyclic amines) is 2. The molecule has 2 aromatic heterocycles. The lowest BCUT2D eigenvalue weighted by Crippen LogP contribution is -2.43. The van der Waals surface area contributed by atoms with Crippen LogP contribution >= 0.6 is 0 Å². The van der Waals surface area contributed by atoms with Gasteiger partial charge in [-0.15, -0.1) is 6.58 Å². The molecule has 4 rings (SSSR count). The number of rotatable bonds is 4. The molecule has 0 unspecified atom stereocenters. The number of aromatic nitrogens is 3. The van der Waals surface area contributed by atoms with Crippen molar-refractivity contribution in [1.82, 2.24) is 25.0 Å². The number of nitrogens with one attached hydrogen (secondary N) is 1. The molecule has 7 nitrogen and oxygen atoms in total. The number of carbonyl (C=O) groups excluding carboxylic acids is 2. The van der Waals surface area contributed by atoms with Crippen molar-refractivity contribution in [2.75, 3.05) is 26.2 Å². The molecule has 2 saturated heterocycles. The minimum absolute atomic E-state index is 0.0439. The lowest BCUT2D eigenvalue weighted by Gasteiger charge is -2.34. The maximum Gasteiger partial charge on any atom is 0.228 e. The highest BCUT2D eigenvalue weighted by Gasteiger charge is 2.37. The summed E-state index contributed by atoms with van der Waals surface area (Å²) in [5.74, 6) is 0.128. The quantitative estimate of drug-likeness (QED) is 0.848. The van der Waals surface area contributed by atoms with Crippen molar-refractivity contribution in [2.45, 2.75) is 25.2 Å². The first-order chi connectivity index (χ1) is 12.7. The van der Waals surface area contributed by atoms with Crippen molar-refractivity contribution < 1.29 is 9.59 Å². The van der Waals surface area contributed by atoms with Crippen LogP contribution in [0.3, 0.4) is 0 Å². The van der Waals surface area contributed by atoms with Gasteiger partial charge in [-0.3, -0.25) is 14.7 Å². The summed E-state index contributed by atoms with van der Waals surface area (Å²) in [6, 6.07) is 3.93. The summed E-state index contributed by atoms with van der Waals surface area (Å²) in [5, 5.41) is 8.43. The topological polar surface area (TPSA) is 82.2 Å². The van der Waals surface area contributed by atoms with Crippen molar-refractivity contribution in [3.8, 4) is 0 Å². The molecule has 2 amide bonds. The van der Waals surface area contributed by atoms with Gasteiger partial charge in [-0.05, 0) is 25.0 Å². The molecule has 7 heteroatoms. The second-order valence-corrected chi connectivity index (χ2v) is 7.12. The number of amides is 2. The molecule has 0 bridgehead atoms. The van der Waals surface area contributed by atoms with Crippen LogP contribution in [-0.2, 0) is 9.59 Å². The number of pyridine rings is 1. The fourth-order valence-electron chi connectivity index (χ4n) is 4.12. The van der Waals surface area contributed by atoms with Crippen LogP contribution in [0.5, 0.6) is 0 Å². The molecule has 0 aliphatic carbocycles. The third kappa shape index (κ3) is 2.98. The van der Waals surface area contributed by atoms with E-state index in [-0.39, 0.29) is 23.7 Å². The molecule has 1 N–H and O–H groups in total. The Kier molecular flexibility index (Phi) is 4.44. The van der Waals surface area contributed by atoms with Crippen LogP contribution < -0.4 is 0 Å². The van der Waals surface area contributed by atoms with Crippen LogP contribution in [0.25, 0.3) is 11.0 Å². The molecule has 2 aliphatic rings. The van der Waals surface area contributed by atoms with Gasteiger partial charge in [-0.25, -0.2) is 4.98 Å². The predicted octanol–water partition coefficient (Wildman–Crippen LogP) is 1.70. The Bertz CT molecular complexity index is 845. The number of H-pyrrole nitrogens is 1. The fourth-order valence-corrected chi connectivity index (χ4v) is 4.12. The first-order valence-corrected chi connectivity index (χ1v) is 9.14. The zero-order valence-electron chi connectivity index (χ0n) is 14.7. The van der Waals surface area contributed by atoms with Gasteiger partial charge >= 0.3 is 0 Å². The second-order valence-electron chi connectivity index (χ2n) is 7.12. The number of hydrogen-bond donors (Lipinski definition) is 1. The van der Waals surface area contributed by atoms with Crippen LogP contribution in [-0.4, -0.2) is 63.0 Å². The van der Waals surface area contributed by atoms with Gasteiger partial charge < -0.3 is 9.80 Å². The third-order valence-corrected chi connectivity index (χ3v) is 5.41. The zero-order chi connectivity index (χ0) is 18.1. The van der Waals surface area contributed by atoms with E-state index in [4.69, 9.17) is 0 Å². The second kappa shape index (κ2) is 6.90. The minimum Gasteiger partial charge on any atom is -0.342 e. The van der Waals surface area contributed by atoms with Gasteiger partial charge in [0.05, 0.1) is 5.92 Å². The average molecular weight is 353 g/mol. The molecule has 136 valence electrons. The summed E-state index contributed by atoms with van der Waals surface area (Å²) < 4.78 is 0. The van der Waals surface area contributed by atoms with E-state index in [9.17, 15) is 9.59 Å². The average Bonchev–Trinajstić information content (AvgIpc) is 3.26. The number of fused-ring (bicyclic) bond motifs is 1. The zero-order valence-corrected chi connectivity index (χ0v) is 14.7. The first-order valence-electron chi connectivity index (χ1n) is 9.14. The maximum atomic E-state index is 13.0. The van der Waals surface area contributed by atoms with Crippen LogP contribution in [0.2, 0.25) is 0 Å². The molecule has 0 radical (unpaired) electrons. The molecule has 0 spiro atoms. The van der Waals surface area contributed by atoms with E-state index in [1.807, 2.05) is 17.0 Å². The fraction of sp³-hybridized carbons (Fsp3) is 0.474. The van der Waals surface area contributed by atoms with Gasteiger partial charge in [-0.2, -0.15) is 5.10 Å². The van der Waals surface area contributed by atoms with Gasteiger partial charge in [0.15, 0.2) is 5.65 Å². The number of piperidine rings is 1. The van der Waals surface area contributed by atoms with Crippen LogP contribution in [0, 0.1) is 5.92 Å². The normalized spacial score (nSPS) is 23.6. The highest BCUT2D eigenvalue weighted by Crippen LogP contribution is 2.31. The Morgan fingerprint density at radius 2 is 2.31 bits per heavy atom. The lowest BCUT2D eigenvalue weighted by atomic mass is 9.92. The van der Waals surface area contributed by atoms with Gasteiger partial charge in [0.2, 0.25) is 11.8 Å². The van der Waals surface area contributed by atoms with Crippen molar-refractivity contribution in [3.05, 3.63) is 36.7 Å². The summed E-state index contributed by atoms with van der Waals surface area (Å²) in [4.78, 5) is 32.9. The monoisotopic (exact) mass is 353 g/mol. The first kappa shape index (κ1) is 16.8. The van der Waals surface area contributed by atoms with E-state index in [2.05, 4.69) is 21.8 Å². The molecular weight excluding hydrogens is 330 g/mol. The lowest BCUT2D eigenvalue weighted by molar-refractivity contribution is -0.137. The molecule has 2 fully saturated rings. The summed E-state index contributed by atoms with van der Waals surface area (Å²) in [5.41, 5.74) is 1.77. The van der Waals surface area contributed by atoms with Crippen molar-refractivity contribution in [1.29, 1.82) is 0 Å².